The van der Waals surface area contributed by atoms with Gasteiger partial charge in [0.05, 0.1) is 6.54 Å². The molecule has 7 heteroatoms. The topological polar surface area (TPSA) is 52.6 Å². The van der Waals surface area contributed by atoms with Crippen LogP contribution in [0.3, 0.4) is 0 Å². The summed E-state index contributed by atoms with van der Waals surface area (Å²) >= 11 is 1.48. The molecular formula is C21H29N5OS. The minimum absolute atomic E-state index is 0.0201. The largest absolute Gasteiger partial charge is 0.344 e. The fraction of sp³-hybridized carbons (Fsp3) is 0.571. The van der Waals surface area contributed by atoms with Crippen molar-refractivity contribution in [2.75, 3.05) is 49.1 Å². The molecule has 3 heterocycles. The van der Waals surface area contributed by atoms with Crippen molar-refractivity contribution in [1.82, 2.24) is 14.3 Å². The van der Waals surface area contributed by atoms with E-state index in [1.165, 1.54) is 17.1 Å². The van der Waals surface area contributed by atoms with Crippen LogP contribution in [0, 0.1) is 0 Å². The van der Waals surface area contributed by atoms with Gasteiger partial charge in [-0.25, -0.2) is 4.98 Å². The second-order valence-corrected chi connectivity index (χ2v) is 9.42. The number of nitrogens with zero attached hydrogens (tertiary/aromatic N) is 5. The lowest BCUT2D eigenvalue weighted by atomic mass is 9.96. The standard InChI is InChI=1S/C21H29N5OS/c1-21(2,3)19-22-20(28-23-19)25-13-11-24(12-14-25)15-18(27)26-10-6-8-16-7-4-5-9-17(16)26/h4-5,7,9H,6,8,10-15H2,1-3H3. The molecule has 150 valence electrons. The van der Waals surface area contributed by atoms with E-state index in [4.69, 9.17) is 4.98 Å². The van der Waals surface area contributed by atoms with E-state index in [0.717, 1.165) is 62.2 Å². The van der Waals surface area contributed by atoms with Crippen molar-refractivity contribution in [3.63, 3.8) is 0 Å². The van der Waals surface area contributed by atoms with E-state index in [2.05, 4.69) is 53.1 Å². The molecule has 2 aromatic rings. The number of carbonyl (C=O) groups excluding carboxylic acids is 1. The molecule has 0 spiro atoms. The second kappa shape index (κ2) is 7.79. The molecule has 0 saturated carbocycles. The summed E-state index contributed by atoms with van der Waals surface area (Å²) in [6, 6.07) is 8.30. The quantitative estimate of drug-likeness (QED) is 0.794. The lowest BCUT2D eigenvalue weighted by Crippen LogP contribution is -2.50. The number of hydrogen-bond donors (Lipinski definition) is 0. The monoisotopic (exact) mass is 399 g/mol. The average Bonchev–Trinajstić information content (AvgIpc) is 3.19. The van der Waals surface area contributed by atoms with E-state index >= 15 is 0 Å². The highest BCUT2D eigenvalue weighted by atomic mass is 32.1. The Balaban J connectivity index is 1.34. The van der Waals surface area contributed by atoms with Gasteiger partial charge in [-0.05, 0) is 24.5 Å². The van der Waals surface area contributed by atoms with Crippen LogP contribution in [-0.4, -0.2) is 59.4 Å². The summed E-state index contributed by atoms with van der Waals surface area (Å²) in [5.41, 5.74) is 2.37. The zero-order valence-corrected chi connectivity index (χ0v) is 17.8. The molecule has 2 aliphatic rings. The summed E-state index contributed by atoms with van der Waals surface area (Å²) in [6.07, 6.45) is 2.11. The van der Waals surface area contributed by atoms with Crippen LogP contribution in [0.5, 0.6) is 0 Å². The third-order valence-electron chi connectivity index (χ3n) is 5.50. The molecule has 1 aromatic carbocycles. The zero-order chi connectivity index (χ0) is 19.7. The first-order valence-corrected chi connectivity index (χ1v) is 10.9. The molecule has 1 amide bonds. The molecule has 4 rings (SSSR count). The number of hydrogen-bond acceptors (Lipinski definition) is 6. The maximum absolute atomic E-state index is 12.9. The van der Waals surface area contributed by atoms with Gasteiger partial charge in [0.2, 0.25) is 11.0 Å². The number of anilines is 2. The van der Waals surface area contributed by atoms with Crippen LogP contribution in [0.2, 0.25) is 0 Å². The van der Waals surface area contributed by atoms with E-state index < -0.39 is 0 Å². The smallest absolute Gasteiger partial charge is 0.241 e. The number of amides is 1. The Hall–Kier alpha value is -1.99. The number of piperazine rings is 1. The molecule has 6 nitrogen and oxygen atoms in total. The SMILES string of the molecule is CC(C)(C)c1nsc(N2CCN(CC(=O)N3CCCc4ccccc43)CC2)n1. The Labute approximate surface area is 171 Å². The summed E-state index contributed by atoms with van der Waals surface area (Å²) in [5, 5.41) is 1.00. The molecule has 0 aliphatic carbocycles. The Morgan fingerprint density at radius 3 is 2.57 bits per heavy atom. The highest BCUT2D eigenvalue weighted by Gasteiger charge is 2.27. The Bertz CT molecular complexity index is 835. The molecular weight excluding hydrogens is 370 g/mol. The predicted molar refractivity (Wildman–Crippen MR) is 114 cm³/mol. The van der Waals surface area contributed by atoms with Gasteiger partial charge in [-0.1, -0.05) is 39.0 Å². The molecule has 1 aromatic heterocycles. The predicted octanol–water partition coefficient (Wildman–Crippen LogP) is 2.94. The van der Waals surface area contributed by atoms with E-state index in [0.29, 0.717) is 6.54 Å². The third kappa shape index (κ3) is 4.05. The van der Waals surface area contributed by atoms with Crippen LogP contribution in [0.25, 0.3) is 0 Å². The molecule has 1 fully saturated rings. The van der Waals surface area contributed by atoms with Gasteiger partial charge in [0.15, 0.2) is 0 Å². The van der Waals surface area contributed by atoms with Gasteiger partial charge < -0.3 is 9.80 Å². The molecule has 1 saturated heterocycles. The van der Waals surface area contributed by atoms with Gasteiger partial charge >= 0.3 is 0 Å². The van der Waals surface area contributed by atoms with Gasteiger partial charge in [-0.15, -0.1) is 0 Å². The van der Waals surface area contributed by atoms with E-state index in [1.807, 2.05) is 11.0 Å². The van der Waals surface area contributed by atoms with Gasteiger partial charge in [-0.3, -0.25) is 9.69 Å². The maximum Gasteiger partial charge on any atom is 0.241 e. The highest BCUT2D eigenvalue weighted by Crippen LogP contribution is 2.28. The van der Waals surface area contributed by atoms with Crippen molar-refractivity contribution in [2.45, 2.75) is 39.0 Å². The van der Waals surface area contributed by atoms with Crippen LogP contribution < -0.4 is 9.80 Å². The van der Waals surface area contributed by atoms with Crippen molar-refractivity contribution in [2.24, 2.45) is 0 Å². The molecule has 0 unspecified atom stereocenters. The number of fused-ring (bicyclic) bond motifs is 1. The van der Waals surface area contributed by atoms with Gasteiger partial charge in [0.25, 0.3) is 0 Å². The number of rotatable bonds is 3. The summed E-state index contributed by atoms with van der Waals surface area (Å²) < 4.78 is 4.53. The van der Waals surface area contributed by atoms with Gasteiger partial charge in [0, 0.05) is 55.4 Å². The Morgan fingerprint density at radius 2 is 1.86 bits per heavy atom. The Kier molecular flexibility index (Phi) is 5.38. The van der Waals surface area contributed by atoms with Crippen LogP contribution in [-0.2, 0) is 16.6 Å². The third-order valence-corrected chi connectivity index (χ3v) is 6.28. The fourth-order valence-corrected chi connectivity index (χ4v) is 4.72. The van der Waals surface area contributed by atoms with Crippen LogP contribution in [0.4, 0.5) is 10.8 Å². The van der Waals surface area contributed by atoms with Gasteiger partial charge in [-0.2, -0.15) is 4.37 Å². The molecule has 2 aliphatic heterocycles. The van der Waals surface area contributed by atoms with Crippen molar-refractivity contribution in [3.8, 4) is 0 Å². The average molecular weight is 400 g/mol. The van der Waals surface area contributed by atoms with E-state index in [-0.39, 0.29) is 11.3 Å². The molecule has 0 N–H and O–H groups in total. The normalized spacial score (nSPS) is 18.2. The lowest BCUT2D eigenvalue weighted by Gasteiger charge is -2.36. The van der Waals surface area contributed by atoms with E-state index in [9.17, 15) is 4.79 Å². The fourth-order valence-electron chi connectivity index (χ4n) is 3.82. The van der Waals surface area contributed by atoms with Crippen molar-refractivity contribution < 1.29 is 4.79 Å². The molecule has 0 radical (unpaired) electrons. The van der Waals surface area contributed by atoms with Crippen molar-refractivity contribution in [1.29, 1.82) is 0 Å². The number of para-hydroxylation sites is 1. The van der Waals surface area contributed by atoms with E-state index in [1.54, 1.807) is 0 Å². The summed E-state index contributed by atoms with van der Waals surface area (Å²) in [7, 11) is 0. The Morgan fingerprint density at radius 1 is 1.11 bits per heavy atom. The summed E-state index contributed by atoms with van der Waals surface area (Å²) in [6.45, 7) is 11.3. The highest BCUT2D eigenvalue weighted by molar-refractivity contribution is 7.09. The van der Waals surface area contributed by atoms with Crippen LogP contribution in [0.15, 0.2) is 24.3 Å². The number of aromatic nitrogens is 2. The zero-order valence-electron chi connectivity index (χ0n) is 17.0. The number of aryl methyl sites for hydroxylation is 1. The van der Waals surface area contributed by atoms with Gasteiger partial charge in [0.1, 0.15) is 5.82 Å². The molecule has 0 bridgehead atoms. The van der Waals surface area contributed by atoms with Crippen molar-refractivity contribution in [3.05, 3.63) is 35.7 Å². The minimum atomic E-state index is -0.0201. The first kappa shape index (κ1) is 19.3. The molecule has 0 atom stereocenters. The second-order valence-electron chi connectivity index (χ2n) is 8.69. The summed E-state index contributed by atoms with van der Waals surface area (Å²) in [5.74, 6) is 1.13. The van der Waals surface area contributed by atoms with Crippen molar-refractivity contribution >= 4 is 28.3 Å². The maximum atomic E-state index is 12.9. The molecule has 28 heavy (non-hydrogen) atoms. The summed E-state index contributed by atoms with van der Waals surface area (Å²) in [4.78, 5) is 24.2. The van der Waals surface area contributed by atoms with Crippen LogP contribution in [0.1, 0.15) is 38.6 Å². The van der Waals surface area contributed by atoms with Crippen LogP contribution >= 0.6 is 11.5 Å². The lowest BCUT2D eigenvalue weighted by molar-refractivity contribution is -0.119. The number of benzene rings is 1. The minimum Gasteiger partial charge on any atom is -0.344 e. The number of carbonyl (C=O) groups is 1. The first-order valence-electron chi connectivity index (χ1n) is 10.1. The first-order chi connectivity index (χ1) is 13.4.